The first-order valence-corrected chi connectivity index (χ1v) is 6.69. The Balaban J connectivity index is 2.30. The smallest absolute Gasteiger partial charge is 0.0410 e. The highest BCUT2D eigenvalue weighted by Gasteiger charge is 2.15. The van der Waals surface area contributed by atoms with E-state index in [4.69, 9.17) is 0 Å². The van der Waals surface area contributed by atoms with Crippen LogP contribution < -0.4 is 5.32 Å². The van der Waals surface area contributed by atoms with E-state index >= 15 is 0 Å². The summed E-state index contributed by atoms with van der Waals surface area (Å²) in [4.78, 5) is 0. The van der Waals surface area contributed by atoms with Crippen molar-refractivity contribution in [3.63, 3.8) is 0 Å². The van der Waals surface area contributed by atoms with Gasteiger partial charge in [-0.2, -0.15) is 0 Å². The van der Waals surface area contributed by atoms with Crippen molar-refractivity contribution in [2.24, 2.45) is 0 Å². The predicted octanol–water partition coefficient (Wildman–Crippen LogP) is 4.46. The predicted molar refractivity (Wildman–Crippen MR) is 81.9 cm³/mol. The quantitative estimate of drug-likeness (QED) is 0.577. The largest absolute Gasteiger partial charge is 0.384 e. The number of nitrogens with one attached hydrogen (secondary N) is 1. The summed E-state index contributed by atoms with van der Waals surface area (Å²) in [6, 6.07) is 17.4. The molecule has 0 saturated carbocycles. The highest BCUT2D eigenvalue weighted by molar-refractivity contribution is 6.12. The van der Waals surface area contributed by atoms with Crippen molar-refractivity contribution in [2.75, 3.05) is 0 Å². The summed E-state index contributed by atoms with van der Waals surface area (Å²) >= 11 is 0. The van der Waals surface area contributed by atoms with E-state index in [1.54, 1.807) is 0 Å². The van der Waals surface area contributed by atoms with Crippen molar-refractivity contribution in [1.82, 2.24) is 5.32 Å². The molecule has 0 unspecified atom stereocenters. The lowest BCUT2D eigenvalue weighted by Gasteiger charge is -2.21. The summed E-state index contributed by atoms with van der Waals surface area (Å²) in [5.41, 5.74) is 4.04. The zero-order chi connectivity index (χ0) is 12.8. The van der Waals surface area contributed by atoms with E-state index in [2.05, 4.69) is 66.8 Å². The monoisotopic (exact) mass is 245 g/mol. The van der Waals surface area contributed by atoms with Gasteiger partial charge in [-0.25, -0.2) is 0 Å². The molecule has 92 valence electrons. The summed E-state index contributed by atoms with van der Waals surface area (Å²) in [7, 11) is 0. The minimum atomic E-state index is 0.920. The summed E-state index contributed by atoms with van der Waals surface area (Å²) < 4.78 is 0. The highest BCUT2D eigenvalue weighted by Crippen LogP contribution is 2.35. The molecule has 0 bridgehead atoms. The Bertz CT molecular complexity index is 828. The zero-order valence-corrected chi connectivity index (χ0v) is 10.9. The molecule has 1 nitrogen and oxygen atoms in total. The third-order valence-corrected chi connectivity index (χ3v) is 3.99. The fourth-order valence-electron chi connectivity index (χ4n) is 3.09. The van der Waals surface area contributed by atoms with Gasteiger partial charge in [0.15, 0.2) is 0 Å². The van der Waals surface area contributed by atoms with Crippen molar-refractivity contribution < 1.29 is 0 Å². The number of rotatable bonds is 0. The lowest BCUT2D eigenvalue weighted by Crippen LogP contribution is -2.16. The minimum Gasteiger partial charge on any atom is -0.384 e. The van der Waals surface area contributed by atoms with E-state index in [1.807, 2.05) is 0 Å². The molecule has 19 heavy (non-hydrogen) atoms. The highest BCUT2D eigenvalue weighted by atomic mass is 14.9. The number of hydrogen-bond acceptors (Lipinski definition) is 1. The topological polar surface area (TPSA) is 12.0 Å². The molecule has 3 aromatic carbocycles. The van der Waals surface area contributed by atoms with Crippen LogP contribution in [0, 0.1) is 0 Å². The number of benzene rings is 3. The molecule has 0 aromatic heterocycles. The van der Waals surface area contributed by atoms with Gasteiger partial charge in [0, 0.05) is 12.2 Å². The zero-order valence-electron chi connectivity index (χ0n) is 10.9. The maximum Gasteiger partial charge on any atom is 0.0410 e. The Kier molecular flexibility index (Phi) is 2.16. The molecule has 1 heteroatoms. The average Bonchev–Trinajstić information content (AvgIpc) is 2.47. The van der Waals surface area contributed by atoms with Crippen molar-refractivity contribution in [2.45, 2.75) is 13.5 Å². The van der Waals surface area contributed by atoms with Crippen LogP contribution in [0.15, 0.2) is 54.2 Å². The van der Waals surface area contributed by atoms with Gasteiger partial charge in [-0.3, -0.25) is 0 Å². The Morgan fingerprint density at radius 2 is 1.37 bits per heavy atom. The molecule has 0 aliphatic carbocycles. The van der Waals surface area contributed by atoms with Crippen LogP contribution >= 0.6 is 0 Å². The average molecular weight is 245 g/mol. The fraction of sp³-hybridized carbons (Fsp3) is 0.111. The van der Waals surface area contributed by atoms with Crippen LogP contribution in [-0.2, 0) is 6.54 Å². The molecule has 1 aliphatic heterocycles. The standard InChI is InChI=1S/C18H15N/c1-12-10-17-15-8-4-2-6-13(15)14-7-3-5-9-16(14)18(17)11-19-12/h2-10,19H,11H2,1H3. The van der Waals surface area contributed by atoms with Gasteiger partial charge in [0.05, 0.1) is 0 Å². The third-order valence-electron chi connectivity index (χ3n) is 3.99. The van der Waals surface area contributed by atoms with Gasteiger partial charge in [0.25, 0.3) is 0 Å². The van der Waals surface area contributed by atoms with E-state index in [9.17, 15) is 0 Å². The second-order valence-electron chi connectivity index (χ2n) is 5.16. The summed E-state index contributed by atoms with van der Waals surface area (Å²) in [5.74, 6) is 0. The molecule has 0 amide bonds. The van der Waals surface area contributed by atoms with Crippen molar-refractivity contribution in [3.05, 3.63) is 65.4 Å². The van der Waals surface area contributed by atoms with Crippen molar-refractivity contribution >= 4 is 27.6 Å². The van der Waals surface area contributed by atoms with Gasteiger partial charge in [-0.05, 0) is 45.7 Å². The lowest BCUT2D eigenvalue weighted by molar-refractivity contribution is 0.810. The number of hydrogen-bond donors (Lipinski definition) is 1. The van der Waals surface area contributed by atoms with Gasteiger partial charge < -0.3 is 5.32 Å². The van der Waals surface area contributed by atoms with Crippen LogP contribution in [0.2, 0.25) is 0 Å². The maximum atomic E-state index is 3.46. The molecule has 1 heterocycles. The molecule has 0 radical (unpaired) electrons. The Labute approximate surface area is 112 Å². The van der Waals surface area contributed by atoms with E-state index in [-0.39, 0.29) is 0 Å². The Hall–Kier alpha value is -2.28. The minimum absolute atomic E-state index is 0.920. The molecular formula is C18H15N. The number of fused-ring (bicyclic) bond motifs is 6. The first-order chi connectivity index (χ1) is 9.34. The van der Waals surface area contributed by atoms with Crippen LogP contribution in [0.1, 0.15) is 18.1 Å². The summed E-state index contributed by atoms with van der Waals surface area (Å²) in [5, 5.41) is 8.89. The molecule has 1 N–H and O–H groups in total. The summed E-state index contributed by atoms with van der Waals surface area (Å²) in [6.07, 6.45) is 2.27. The second-order valence-corrected chi connectivity index (χ2v) is 5.16. The molecule has 0 atom stereocenters. The van der Waals surface area contributed by atoms with Gasteiger partial charge in [0.1, 0.15) is 0 Å². The van der Waals surface area contributed by atoms with Crippen LogP contribution in [-0.4, -0.2) is 0 Å². The molecular weight excluding hydrogens is 230 g/mol. The SMILES string of the molecule is CC1=Cc2c(c3ccccc3c3ccccc23)CN1. The van der Waals surface area contributed by atoms with Crippen LogP contribution in [0.5, 0.6) is 0 Å². The van der Waals surface area contributed by atoms with Gasteiger partial charge in [-0.15, -0.1) is 0 Å². The molecule has 0 saturated heterocycles. The van der Waals surface area contributed by atoms with E-state index < -0.39 is 0 Å². The molecule has 1 aliphatic rings. The summed E-state index contributed by atoms with van der Waals surface area (Å²) in [6.45, 7) is 3.05. The van der Waals surface area contributed by atoms with E-state index in [0.29, 0.717) is 0 Å². The normalized spacial score (nSPS) is 14.1. The Morgan fingerprint density at radius 1 is 0.789 bits per heavy atom. The van der Waals surface area contributed by atoms with Crippen LogP contribution in [0.25, 0.3) is 27.6 Å². The van der Waals surface area contributed by atoms with Crippen molar-refractivity contribution in [1.29, 1.82) is 0 Å². The van der Waals surface area contributed by atoms with Gasteiger partial charge in [-0.1, -0.05) is 48.5 Å². The number of allylic oxidation sites excluding steroid dienone is 1. The lowest BCUT2D eigenvalue weighted by atomic mass is 9.90. The van der Waals surface area contributed by atoms with Crippen LogP contribution in [0.4, 0.5) is 0 Å². The van der Waals surface area contributed by atoms with E-state index in [1.165, 1.54) is 38.4 Å². The Morgan fingerprint density at radius 3 is 2.11 bits per heavy atom. The maximum absolute atomic E-state index is 3.46. The van der Waals surface area contributed by atoms with Gasteiger partial charge in [0.2, 0.25) is 0 Å². The molecule has 4 rings (SSSR count). The van der Waals surface area contributed by atoms with Gasteiger partial charge >= 0.3 is 0 Å². The van der Waals surface area contributed by atoms with E-state index in [0.717, 1.165) is 6.54 Å². The molecule has 3 aromatic rings. The second kappa shape index (κ2) is 3.86. The third kappa shape index (κ3) is 1.48. The molecule has 0 fully saturated rings. The molecule has 0 spiro atoms. The first kappa shape index (κ1) is 10.6. The van der Waals surface area contributed by atoms with Crippen LogP contribution in [0.3, 0.4) is 0 Å². The fourth-order valence-corrected chi connectivity index (χ4v) is 3.09. The first-order valence-electron chi connectivity index (χ1n) is 6.69. The van der Waals surface area contributed by atoms with Crippen molar-refractivity contribution in [3.8, 4) is 0 Å².